The molecule has 7 heteroatoms. The van der Waals surface area contributed by atoms with Crippen molar-refractivity contribution in [3.8, 4) is 5.75 Å². The molecule has 104 valence electrons. The normalized spacial score (nSPS) is 10.3. The summed E-state index contributed by atoms with van der Waals surface area (Å²) in [5.74, 6) is -1.77. The minimum Gasteiger partial charge on any atom is -0.485 e. The second-order valence-corrected chi connectivity index (χ2v) is 5.54. The number of primary amides is 1. The number of hydrogen-bond acceptors (Lipinski definition) is 4. The van der Waals surface area contributed by atoms with Gasteiger partial charge < -0.3 is 10.5 Å². The van der Waals surface area contributed by atoms with E-state index in [2.05, 4.69) is 0 Å². The van der Waals surface area contributed by atoms with Gasteiger partial charge in [0.05, 0.1) is 14.8 Å². The zero-order chi connectivity index (χ0) is 14.7. The van der Waals surface area contributed by atoms with Gasteiger partial charge in [-0.25, -0.2) is 4.39 Å². The average molecular weight is 314 g/mol. The fourth-order valence-corrected chi connectivity index (χ4v) is 2.44. The number of halogens is 2. The van der Waals surface area contributed by atoms with E-state index in [9.17, 15) is 14.0 Å². The number of carbonyl (C=O) groups excluding carboxylic acids is 2. The SMILES string of the molecule is NC(=O)c1ccc(OCC(=O)c2ccc(Cl)s2)cc1F. The maximum Gasteiger partial charge on any atom is 0.251 e. The number of benzene rings is 1. The highest BCUT2D eigenvalue weighted by atomic mass is 35.5. The molecule has 0 bridgehead atoms. The lowest BCUT2D eigenvalue weighted by atomic mass is 10.2. The first-order chi connectivity index (χ1) is 9.47. The van der Waals surface area contributed by atoms with E-state index >= 15 is 0 Å². The second-order valence-electron chi connectivity index (χ2n) is 3.82. The molecule has 2 rings (SSSR count). The van der Waals surface area contributed by atoms with Gasteiger partial charge in [0.2, 0.25) is 5.78 Å². The van der Waals surface area contributed by atoms with Crippen LogP contribution in [0, 0.1) is 5.82 Å². The Morgan fingerprint density at radius 3 is 2.60 bits per heavy atom. The minimum absolute atomic E-state index is 0.142. The van der Waals surface area contributed by atoms with Gasteiger partial charge in [-0.3, -0.25) is 9.59 Å². The topological polar surface area (TPSA) is 69.4 Å². The van der Waals surface area contributed by atoms with Crippen LogP contribution in [0.25, 0.3) is 0 Å². The lowest BCUT2D eigenvalue weighted by Gasteiger charge is -2.06. The Kier molecular flexibility index (Phi) is 4.36. The van der Waals surface area contributed by atoms with Crippen molar-refractivity contribution < 1.29 is 18.7 Å². The molecule has 0 radical (unpaired) electrons. The van der Waals surface area contributed by atoms with Gasteiger partial charge in [-0.2, -0.15) is 0 Å². The third-order valence-corrected chi connectivity index (χ3v) is 3.70. The smallest absolute Gasteiger partial charge is 0.251 e. The number of Topliss-reactive ketones (excluding diaryl/α,β-unsaturated/α-hetero) is 1. The molecule has 0 atom stereocenters. The van der Waals surface area contributed by atoms with Gasteiger partial charge in [0, 0.05) is 6.07 Å². The van der Waals surface area contributed by atoms with Gasteiger partial charge in [0.1, 0.15) is 11.6 Å². The van der Waals surface area contributed by atoms with Crippen LogP contribution in [0.4, 0.5) is 4.39 Å². The molecule has 0 aliphatic rings. The van der Waals surface area contributed by atoms with Crippen LogP contribution in [0.3, 0.4) is 0 Å². The summed E-state index contributed by atoms with van der Waals surface area (Å²) in [6.45, 7) is -0.244. The molecule has 1 amide bonds. The number of hydrogen-bond donors (Lipinski definition) is 1. The lowest BCUT2D eigenvalue weighted by molar-refractivity contribution is 0.0923. The Bertz CT molecular complexity index is 671. The van der Waals surface area contributed by atoms with Crippen molar-refractivity contribution in [1.29, 1.82) is 0 Å². The summed E-state index contributed by atoms with van der Waals surface area (Å²) in [6, 6.07) is 6.79. The Hall–Kier alpha value is -1.92. The van der Waals surface area contributed by atoms with Crippen LogP contribution in [-0.2, 0) is 0 Å². The quantitative estimate of drug-likeness (QED) is 0.863. The first-order valence-corrected chi connectivity index (χ1v) is 6.67. The van der Waals surface area contributed by atoms with Crippen LogP contribution < -0.4 is 10.5 Å². The van der Waals surface area contributed by atoms with Crippen LogP contribution in [0.2, 0.25) is 4.34 Å². The standard InChI is InChI=1S/C13H9ClFNO3S/c14-12-4-3-11(20-12)10(17)6-19-7-1-2-8(13(16)18)9(15)5-7/h1-5H,6H2,(H2,16,18). The highest BCUT2D eigenvalue weighted by Gasteiger charge is 2.12. The van der Waals surface area contributed by atoms with E-state index in [4.69, 9.17) is 22.1 Å². The summed E-state index contributed by atoms with van der Waals surface area (Å²) in [6.07, 6.45) is 0. The van der Waals surface area contributed by atoms with Crippen LogP contribution in [-0.4, -0.2) is 18.3 Å². The van der Waals surface area contributed by atoms with Crippen molar-refractivity contribution in [2.24, 2.45) is 5.73 Å². The molecule has 1 aromatic carbocycles. The average Bonchev–Trinajstić information content (AvgIpc) is 2.82. The highest BCUT2D eigenvalue weighted by molar-refractivity contribution is 7.18. The maximum atomic E-state index is 13.5. The van der Waals surface area contributed by atoms with E-state index in [0.29, 0.717) is 9.21 Å². The van der Waals surface area contributed by atoms with E-state index < -0.39 is 11.7 Å². The predicted octanol–water partition coefficient (Wildman–Crippen LogP) is 2.90. The van der Waals surface area contributed by atoms with E-state index in [1.165, 1.54) is 12.1 Å². The van der Waals surface area contributed by atoms with E-state index in [0.717, 1.165) is 17.4 Å². The monoisotopic (exact) mass is 313 g/mol. The Labute approximate surface area is 122 Å². The van der Waals surface area contributed by atoms with Gasteiger partial charge in [-0.1, -0.05) is 11.6 Å². The van der Waals surface area contributed by atoms with Crippen LogP contribution >= 0.6 is 22.9 Å². The molecule has 4 nitrogen and oxygen atoms in total. The summed E-state index contributed by atoms with van der Waals surface area (Å²) < 4.78 is 19.1. The third kappa shape index (κ3) is 3.34. The van der Waals surface area contributed by atoms with E-state index in [-0.39, 0.29) is 23.7 Å². The first-order valence-electron chi connectivity index (χ1n) is 5.48. The van der Waals surface area contributed by atoms with E-state index in [1.807, 2.05) is 0 Å². The Morgan fingerprint density at radius 1 is 1.30 bits per heavy atom. The maximum absolute atomic E-state index is 13.5. The molecular formula is C13H9ClFNO3S. The van der Waals surface area contributed by atoms with Crippen molar-refractivity contribution in [1.82, 2.24) is 0 Å². The molecule has 0 spiro atoms. The second kappa shape index (κ2) is 6.02. The molecule has 1 aromatic heterocycles. The predicted molar refractivity (Wildman–Crippen MR) is 74.1 cm³/mol. The number of amides is 1. The van der Waals surface area contributed by atoms with Crippen LogP contribution in [0.5, 0.6) is 5.75 Å². The highest BCUT2D eigenvalue weighted by Crippen LogP contribution is 2.22. The van der Waals surface area contributed by atoms with Gasteiger partial charge in [-0.05, 0) is 24.3 Å². The third-order valence-electron chi connectivity index (χ3n) is 2.42. The minimum atomic E-state index is -0.863. The molecule has 0 saturated heterocycles. The molecule has 0 aliphatic carbocycles. The first kappa shape index (κ1) is 14.5. The fraction of sp³-hybridized carbons (Fsp3) is 0.0769. The largest absolute Gasteiger partial charge is 0.485 e. The van der Waals surface area contributed by atoms with Gasteiger partial charge >= 0.3 is 0 Å². The summed E-state index contributed by atoms with van der Waals surface area (Å²) >= 11 is 6.86. The van der Waals surface area contributed by atoms with Crippen molar-refractivity contribution in [3.63, 3.8) is 0 Å². The molecule has 0 saturated carbocycles. The summed E-state index contributed by atoms with van der Waals surface area (Å²) in [4.78, 5) is 23.1. The summed E-state index contributed by atoms with van der Waals surface area (Å²) in [5.41, 5.74) is 4.75. The molecule has 2 N–H and O–H groups in total. The fourth-order valence-electron chi connectivity index (χ4n) is 1.47. The van der Waals surface area contributed by atoms with Crippen molar-refractivity contribution >= 4 is 34.6 Å². The number of thiophene rings is 1. The zero-order valence-electron chi connectivity index (χ0n) is 10.1. The van der Waals surface area contributed by atoms with Gasteiger partial charge in [0.25, 0.3) is 5.91 Å². The Balaban J connectivity index is 2.02. The molecule has 0 fully saturated rings. The summed E-state index contributed by atoms with van der Waals surface area (Å²) in [5, 5.41) is 0. The number of carbonyl (C=O) groups is 2. The lowest BCUT2D eigenvalue weighted by Crippen LogP contribution is -2.14. The van der Waals surface area contributed by atoms with E-state index in [1.54, 1.807) is 12.1 Å². The van der Waals surface area contributed by atoms with Crippen molar-refractivity contribution in [2.75, 3.05) is 6.61 Å². The molecule has 0 aliphatic heterocycles. The summed E-state index contributed by atoms with van der Waals surface area (Å²) in [7, 11) is 0. The van der Waals surface area contributed by atoms with Crippen LogP contribution in [0.1, 0.15) is 20.0 Å². The molecular weight excluding hydrogens is 305 g/mol. The van der Waals surface area contributed by atoms with Gasteiger partial charge in [-0.15, -0.1) is 11.3 Å². The number of ether oxygens (including phenoxy) is 1. The molecule has 0 unspecified atom stereocenters. The van der Waals surface area contributed by atoms with Gasteiger partial charge in [0.15, 0.2) is 6.61 Å². The molecule has 20 heavy (non-hydrogen) atoms. The molecule has 1 heterocycles. The van der Waals surface area contributed by atoms with Crippen molar-refractivity contribution in [3.05, 3.63) is 50.9 Å². The number of nitrogens with two attached hydrogens (primary N) is 1. The number of rotatable bonds is 5. The Morgan fingerprint density at radius 2 is 2.05 bits per heavy atom. The van der Waals surface area contributed by atoms with Crippen LogP contribution in [0.15, 0.2) is 30.3 Å². The van der Waals surface area contributed by atoms with Crippen molar-refractivity contribution in [2.45, 2.75) is 0 Å². The molecule has 2 aromatic rings. The zero-order valence-corrected chi connectivity index (χ0v) is 11.6. The number of ketones is 1.